The number of likely N-dealkylation sites (tertiary alicyclic amines) is 1. The van der Waals surface area contributed by atoms with Gasteiger partial charge in [0.2, 0.25) is 0 Å². The van der Waals surface area contributed by atoms with Crippen molar-refractivity contribution in [2.75, 3.05) is 27.3 Å². The van der Waals surface area contributed by atoms with E-state index in [0.717, 1.165) is 19.0 Å². The molecule has 1 N–H and O–H groups in total. The van der Waals surface area contributed by atoms with E-state index < -0.39 is 6.09 Å². The van der Waals surface area contributed by atoms with Gasteiger partial charge in [0, 0.05) is 25.2 Å². The van der Waals surface area contributed by atoms with Crippen molar-refractivity contribution in [2.24, 2.45) is 11.8 Å². The summed E-state index contributed by atoms with van der Waals surface area (Å²) in [5, 5.41) is 2.81. The third kappa shape index (κ3) is 3.42. The van der Waals surface area contributed by atoms with Gasteiger partial charge in [-0.1, -0.05) is 6.92 Å². The SMILES string of the molecule is COC(=O)NC1CC(C(=O)OC)CN(C2CC(C)C2)C1. The highest BCUT2D eigenvalue weighted by atomic mass is 16.5. The van der Waals surface area contributed by atoms with Crippen molar-refractivity contribution >= 4 is 12.1 Å². The molecule has 2 unspecified atom stereocenters. The zero-order valence-corrected chi connectivity index (χ0v) is 12.4. The van der Waals surface area contributed by atoms with Crippen LogP contribution in [0.5, 0.6) is 0 Å². The quantitative estimate of drug-likeness (QED) is 0.783. The van der Waals surface area contributed by atoms with Gasteiger partial charge in [0.05, 0.1) is 20.1 Å². The minimum atomic E-state index is -0.442. The molecule has 1 saturated carbocycles. The van der Waals surface area contributed by atoms with Crippen LogP contribution in [0.1, 0.15) is 26.2 Å². The summed E-state index contributed by atoms with van der Waals surface area (Å²) in [6.07, 6.45) is 2.50. The van der Waals surface area contributed by atoms with Gasteiger partial charge in [-0.25, -0.2) is 4.79 Å². The molecule has 20 heavy (non-hydrogen) atoms. The molecule has 0 aromatic rings. The number of rotatable bonds is 3. The van der Waals surface area contributed by atoms with E-state index in [1.807, 2.05) is 0 Å². The number of carbonyl (C=O) groups excluding carboxylic acids is 2. The van der Waals surface area contributed by atoms with Gasteiger partial charge in [-0.15, -0.1) is 0 Å². The first kappa shape index (κ1) is 15.1. The van der Waals surface area contributed by atoms with Crippen LogP contribution < -0.4 is 5.32 Å². The average molecular weight is 284 g/mol. The molecule has 1 saturated heterocycles. The fourth-order valence-electron chi connectivity index (χ4n) is 3.26. The van der Waals surface area contributed by atoms with E-state index in [2.05, 4.69) is 21.9 Å². The largest absolute Gasteiger partial charge is 0.469 e. The van der Waals surface area contributed by atoms with Crippen molar-refractivity contribution < 1.29 is 19.1 Å². The van der Waals surface area contributed by atoms with Crippen molar-refractivity contribution in [1.29, 1.82) is 0 Å². The molecule has 2 atom stereocenters. The first-order valence-electron chi connectivity index (χ1n) is 7.19. The summed E-state index contributed by atoms with van der Waals surface area (Å²) < 4.78 is 9.50. The van der Waals surface area contributed by atoms with E-state index >= 15 is 0 Å². The van der Waals surface area contributed by atoms with Crippen LogP contribution in [0.25, 0.3) is 0 Å². The molecule has 2 fully saturated rings. The minimum Gasteiger partial charge on any atom is -0.469 e. The zero-order chi connectivity index (χ0) is 14.7. The number of alkyl carbamates (subject to hydrolysis) is 1. The number of nitrogens with zero attached hydrogens (tertiary/aromatic N) is 1. The Morgan fingerprint density at radius 3 is 2.35 bits per heavy atom. The van der Waals surface area contributed by atoms with Gasteiger partial charge >= 0.3 is 12.1 Å². The maximum Gasteiger partial charge on any atom is 0.407 e. The Morgan fingerprint density at radius 2 is 1.80 bits per heavy atom. The van der Waals surface area contributed by atoms with Gasteiger partial charge in [-0.3, -0.25) is 9.69 Å². The zero-order valence-electron chi connectivity index (χ0n) is 12.4. The lowest BCUT2D eigenvalue weighted by Crippen LogP contribution is -2.57. The van der Waals surface area contributed by atoms with Crippen molar-refractivity contribution in [1.82, 2.24) is 10.2 Å². The van der Waals surface area contributed by atoms with Gasteiger partial charge in [0.15, 0.2) is 0 Å². The number of amides is 1. The molecule has 0 spiro atoms. The molecule has 1 aliphatic carbocycles. The van der Waals surface area contributed by atoms with E-state index in [1.54, 1.807) is 0 Å². The fraction of sp³-hybridized carbons (Fsp3) is 0.857. The highest BCUT2D eigenvalue weighted by Crippen LogP contribution is 2.34. The predicted molar refractivity (Wildman–Crippen MR) is 73.2 cm³/mol. The minimum absolute atomic E-state index is 0.0591. The number of hydrogen-bond acceptors (Lipinski definition) is 5. The summed E-state index contributed by atoms with van der Waals surface area (Å²) in [6, 6.07) is 0.468. The number of nitrogens with one attached hydrogen (secondary N) is 1. The number of esters is 1. The lowest BCUT2D eigenvalue weighted by Gasteiger charge is -2.46. The highest BCUT2D eigenvalue weighted by Gasteiger charge is 2.39. The van der Waals surface area contributed by atoms with Crippen LogP contribution in [0, 0.1) is 11.8 Å². The van der Waals surface area contributed by atoms with E-state index in [1.165, 1.54) is 27.1 Å². The summed E-state index contributed by atoms with van der Waals surface area (Å²) in [5.74, 6) is 0.385. The first-order valence-corrected chi connectivity index (χ1v) is 7.19. The Balaban J connectivity index is 1.98. The Hall–Kier alpha value is -1.30. The summed E-state index contributed by atoms with van der Waals surface area (Å²) in [5.41, 5.74) is 0. The van der Waals surface area contributed by atoms with Crippen molar-refractivity contribution in [3.63, 3.8) is 0 Å². The molecule has 6 heteroatoms. The number of ether oxygens (including phenoxy) is 2. The van der Waals surface area contributed by atoms with E-state index in [4.69, 9.17) is 4.74 Å². The second-order valence-electron chi connectivity index (χ2n) is 5.97. The van der Waals surface area contributed by atoms with Crippen LogP contribution in [-0.4, -0.2) is 56.4 Å². The number of hydrogen-bond donors (Lipinski definition) is 1. The molecule has 114 valence electrons. The standard InChI is InChI=1S/C14H24N2O4/c1-9-4-12(5-9)16-7-10(13(17)19-2)6-11(8-16)15-14(18)20-3/h9-12H,4-8H2,1-3H3,(H,15,18). The molecule has 2 aliphatic rings. The normalized spacial score (nSPS) is 34.0. The van der Waals surface area contributed by atoms with Crippen LogP contribution >= 0.6 is 0 Å². The highest BCUT2D eigenvalue weighted by molar-refractivity contribution is 5.73. The molecule has 2 rings (SSSR count). The smallest absolute Gasteiger partial charge is 0.407 e. The Bertz CT molecular complexity index is 368. The van der Waals surface area contributed by atoms with E-state index in [0.29, 0.717) is 12.5 Å². The predicted octanol–water partition coefficient (Wildman–Crippen LogP) is 1.00. The van der Waals surface area contributed by atoms with Gasteiger partial charge in [0.1, 0.15) is 0 Å². The van der Waals surface area contributed by atoms with E-state index in [9.17, 15) is 9.59 Å². The van der Waals surface area contributed by atoms with Crippen LogP contribution in [0.4, 0.5) is 4.79 Å². The van der Waals surface area contributed by atoms with Crippen LogP contribution in [0.15, 0.2) is 0 Å². The van der Waals surface area contributed by atoms with E-state index in [-0.39, 0.29) is 17.9 Å². The van der Waals surface area contributed by atoms with Crippen LogP contribution in [0.2, 0.25) is 0 Å². The lowest BCUT2D eigenvalue weighted by molar-refractivity contribution is -0.148. The summed E-state index contributed by atoms with van der Waals surface area (Å²) in [4.78, 5) is 25.5. The second kappa shape index (κ2) is 6.43. The number of carbonyl (C=O) groups is 2. The molecule has 0 aromatic heterocycles. The maximum atomic E-state index is 11.8. The van der Waals surface area contributed by atoms with Crippen molar-refractivity contribution in [3.05, 3.63) is 0 Å². The molecule has 1 amide bonds. The van der Waals surface area contributed by atoms with Gasteiger partial charge in [-0.05, 0) is 25.2 Å². The molecular formula is C14H24N2O4. The summed E-state index contributed by atoms with van der Waals surface area (Å²) in [6.45, 7) is 3.74. The molecule has 0 bridgehead atoms. The Morgan fingerprint density at radius 1 is 1.10 bits per heavy atom. The first-order chi connectivity index (χ1) is 9.53. The molecule has 1 heterocycles. The molecular weight excluding hydrogens is 260 g/mol. The summed E-state index contributed by atoms with van der Waals surface area (Å²) >= 11 is 0. The van der Waals surface area contributed by atoms with Gasteiger partial charge in [0.25, 0.3) is 0 Å². The lowest BCUT2D eigenvalue weighted by atomic mass is 9.79. The van der Waals surface area contributed by atoms with Gasteiger partial charge < -0.3 is 14.8 Å². The average Bonchev–Trinajstić information content (AvgIpc) is 2.42. The number of piperidine rings is 1. The maximum absolute atomic E-state index is 11.8. The van der Waals surface area contributed by atoms with Crippen LogP contribution in [-0.2, 0) is 14.3 Å². The topological polar surface area (TPSA) is 67.9 Å². The molecule has 6 nitrogen and oxygen atoms in total. The fourth-order valence-corrected chi connectivity index (χ4v) is 3.26. The van der Waals surface area contributed by atoms with Crippen molar-refractivity contribution in [3.8, 4) is 0 Å². The summed E-state index contributed by atoms with van der Waals surface area (Å²) in [7, 11) is 2.76. The Labute approximate surface area is 119 Å². The molecule has 0 radical (unpaired) electrons. The third-order valence-electron chi connectivity index (χ3n) is 4.39. The number of methoxy groups -OCH3 is 2. The molecule has 0 aromatic carbocycles. The molecule has 1 aliphatic heterocycles. The van der Waals surface area contributed by atoms with Gasteiger partial charge in [-0.2, -0.15) is 0 Å². The van der Waals surface area contributed by atoms with Crippen molar-refractivity contribution in [2.45, 2.75) is 38.3 Å². The monoisotopic (exact) mass is 284 g/mol. The third-order valence-corrected chi connectivity index (χ3v) is 4.39. The second-order valence-corrected chi connectivity index (χ2v) is 5.97. The Kier molecular flexibility index (Phi) is 4.86. The van der Waals surface area contributed by atoms with Crippen LogP contribution in [0.3, 0.4) is 0 Å².